The SMILES string of the molecule is CCCC(=O)OCCOCCOCCOCCOCCOCCOCCOCCOCCOCCOCCOCCCCCCI. The molecule has 0 aliphatic rings. The van der Waals surface area contributed by atoms with Gasteiger partial charge in [0.2, 0.25) is 0 Å². The number of ether oxygens (including phenoxy) is 12. The summed E-state index contributed by atoms with van der Waals surface area (Å²) in [7, 11) is 0. The number of rotatable bonds is 41. The monoisotopic (exact) mass is 782 g/mol. The summed E-state index contributed by atoms with van der Waals surface area (Å²) in [6.07, 6.45) is 6.20. The van der Waals surface area contributed by atoms with E-state index in [0.717, 1.165) is 19.4 Å². The molecule has 14 heteroatoms. The van der Waals surface area contributed by atoms with Crippen LogP contribution >= 0.6 is 22.6 Å². The summed E-state index contributed by atoms with van der Waals surface area (Å²) < 4.78 is 66.4. The fourth-order valence-corrected chi connectivity index (χ4v) is 3.98. The van der Waals surface area contributed by atoms with Crippen LogP contribution < -0.4 is 0 Å². The Bertz CT molecular complexity index is 578. The summed E-state index contributed by atoms with van der Waals surface area (Å²) in [5.41, 5.74) is 0. The molecule has 0 aliphatic heterocycles. The number of hydrogen-bond donors (Lipinski definition) is 0. The second-order valence-corrected chi connectivity index (χ2v) is 10.9. The van der Waals surface area contributed by atoms with E-state index < -0.39 is 0 Å². The van der Waals surface area contributed by atoms with Crippen molar-refractivity contribution in [3.8, 4) is 0 Å². The van der Waals surface area contributed by atoms with Crippen molar-refractivity contribution in [1.82, 2.24) is 0 Å². The molecule has 0 fully saturated rings. The molecule has 0 amide bonds. The lowest BCUT2D eigenvalue weighted by Crippen LogP contribution is -2.15. The fraction of sp³-hybridized carbons (Fsp3) is 0.969. The van der Waals surface area contributed by atoms with Crippen molar-refractivity contribution in [1.29, 1.82) is 0 Å². The summed E-state index contributed by atoms with van der Waals surface area (Å²) in [5.74, 6) is -0.187. The van der Waals surface area contributed by atoms with Gasteiger partial charge in [0.15, 0.2) is 0 Å². The summed E-state index contributed by atoms with van der Waals surface area (Å²) in [6, 6.07) is 0. The Kier molecular flexibility index (Phi) is 42.6. The van der Waals surface area contributed by atoms with E-state index in [0.29, 0.717) is 145 Å². The minimum atomic E-state index is -0.187. The molecule has 0 spiro atoms. The first-order valence-corrected chi connectivity index (χ1v) is 18.4. The lowest BCUT2D eigenvalue weighted by molar-refractivity contribution is -0.145. The predicted octanol–water partition coefficient (Wildman–Crippen LogP) is 3.51. The molecule has 276 valence electrons. The van der Waals surface area contributed by atoms with Crippen molar-refractivity contribution in [3.63, 3.8) is 0 Å². The van der Waals surface area contributed by atoms with E-state index in [2.05, 4.69) is 22.6 Å². The fourth-order valence-electron chi connectivity index (χ4n) is 3.44. The van der Waals surface area contributed by atoms with E-state index in [4.69, 9.17) is 56.8 Å². The van der Waals surface area contributed by atoms with Crippen LogP contribution in [0.5, 0.6) is 0 Å². The molecule has 0 aromatic heterocycles. The molecular formula is C32H63IO13. The van der Waals surface area contributed by atoms with Gasteiger partial charge in [-0.2, -0.15) is 0 Å². The van der Waals surface area contributed by atoms with Crippen molar-refractivity contribution in [3.05, 3.63) is 0 Å². The number of carbonyl (C=O) groups is 1. The van der Waals surface area contributed by atoms with Gasteiger partial charge in [-0.3, -0.25) is 4.79 Å². The molecular weight excluding hydrogens is 719 g/mol. The van der Waals surface area contributed by atoms with Gasteiger partial charge in [0, 0.05) is 13.0 Å². The van der Waals surface area contributed by atoms with Gasteiger partial charge < -0.3 is 56.8 Å². The zero-order valence-corrected chi connectivity index (χ0v) is 30.6. The molecule has 0 aromatic carbocycles. The molecule has 0 N–H and O–H groups in total. The molecule has 0 aromatic rings. The average Bonchev–Trinajstić information content (AvgIpc) is 3.06. The molecule has 0 aliphatic carbocycles. The van der Waals surface area contributed by atoms with Gasteiger partial charge in [-0.15, -0.1) is 0 Å². The summed E-state index contributed by atoms with van der Waals surface area (Å²) in [5, 5.41) is 0. The normalized spacial score (nSPS) is 11.4. The van der Waals surface area contributed by atoms with Crippen LogP contribution in [0.15, 0.2) is 0 Å². The predicted molar refractivity (Wildman–Crippen MR) is 182 cm³/mol. The van der Waals surface area contributed by atoms with Crippen molar-refractivity contribution in [2.75, 3.05) is 156 Å². The van der Waals surface area contributed by atoms with Crippen LogP contribution in [0.3, 0.4) is 0 Å². The van der Waals surface area contributed by atoms with E-state index in [1.54, 1.807) is 0 Å². The minimum Gasteiger partial charge on any atom is -0.463 e. The van der Waals surface area contributed by atoms with Crippen LogP contribution in [-0.4, -0.2) is 162 Å². The van der Waals surface area contributed by atoms with Crippen LogP contribution in [0.2, 0.25) is 0 Å². The Morgan fingerprint density at radius 3 is 0.913 bits per heavy atom. The van der Waals surface area contributed by atoms with Gasteiger partial charge in [0.1, 0.15) is 6.61 Å². The molecule has 0 radical (unpaired) electrons. The molecule has 0 bridgehead atoms. The molecule has 0 saturated carbocycles. The topological polar surface area (TPSA) is 128 Å². The van der Waals surface area contributed by atoms with Crippen molar-refractivity contribution >= 4 is 28.6 Å². The Hall–Kier alpha value is -0.240. The second-order valence-electron chi connectivity index (χ2n) is 9.81. The molecule has 0 heterocycles. The highest BCUT2D eigenvalue weighted by molar-refractivity contribution is 14.1. The summed E-state index contributed by atoms with van der Waals surface area (Å²) in [4.78, 5) is 11.2. The van der Waals surface area contributed by atoms with Gasteiger partial charge >= 0.3 is 5.97 Å². The highest BCUT2D eigenvalue weighted by Crippen LogP contribution is 2.02. The maximum Gasteiger partial charge on any atom is 0.305 e. The highest BCUT2D eigenvalue weighted by atomic mass is 127. The van der Waals surface area contributed by atoms with E-state index >= 15 is 0 Å². The minimum absolute atomic E-state index is 0.187. The highest BCUT2D eigenvalue weighted by Gasteiger charge is 2.00. The van der Waals surface area contributed by atoms with Crippen LogP contribution in [-0.2, 0) is 61.6 Å². The number of esters is 1. The summed E-state index contributed by atoms with van der Waals surface area (Å²) in [6.45, 7) is 13.8. The largest absolute Gasteiger partial charge is 0.463 e. The maximum absolute atomic E-state index is 11.2. The van der Waals surface area contributed by atoms with Crippen LogP contribution in [0.1, 0.15) is 45.4 Å². The zero-order valence-electron chi connectivity index (χ0n) is 28.4. The van der Waals surface area contributed by atoms with Gasteiger partial charge in [-0.25, -0.2) is 0 Å². The van der Waals surface area contributed by atoms with E-state index in [-0.39, 0.29) is 12.6 Å². The van der Waals surface area contributed by atoms with Crippen molar-refractivity contribution in [2.24, 2.45) is 0 Å². The maximum atomic E-state index is 11.2. The lowest BCUT2D eigenvalue weighted by Gasteiger charge is -2.09. The zero-order chi connectivity index (χ0) is 33.3. The van der Waals surface area contributed by atoms with E-state index in [9.17, 15) is 4.79 Å². The first kappa shape index (κ1) is 45.8. The quantitative estimate of drug-likeness (QED) is 0.0389. The number of unbranched alkanes of at least 4 members (excludes halogenated alkanes) is 3. The smallest absolute Gasteiger partial charge is 0.305 e. The van der Waals surface area contributed by atoms with Crippen LogP contribution in [0.4, 0.5) is 0 Å². The first-order valence-electron chi connectivity index (χ1n) is 16.9. The van der Waals surface area contributed by atoms with Crippen LogP contribution in [0, 0.1) is 0 Å². The van der Waals surface area contributed by atoms with E-state index in [1.165, 1.54) is 23.7 Å². The molecule has 0 atom stereocenters. The molecule has 46 heavy (non-hydrogen) atoms. The number of alkyl halides is 1. The standard InChI is InChI=1S/C32H63IO13/c1-2-7-32(34)46-31-30-45-29-28-44-27-26-43-25-24-42-23-22-41-21-20-40-19-18-39-17-16-38-15-14-37-13-12-36-11-10-35-9-6-4-3-5-8-33/h2-31H2,1H3. The third kappa shape index (κ3) is 41.8. The van der Waals surface area contributed by atoms with Gasteiger partial charge in [0.25, 0.3) is 0 Å². The lowest BCUT2D eigenvalue weighted by atomic mass is 10.2. The third-order valence-electron chi connectivity index (χ3n) is 5.84. The Balaban J connectivity index is 3.05. The first-order chi connectivity index (χ1) is 22.8. The Labute approximate surface area is 291 Å². The Morgan fingerprint density at radius 1 is 0.370 bits per heavy atom. The Morgan fingerprint density at radius 2 is 0.630 bits per heavy atom. The molecule has 13 nitrogen and oxygen atoms in total. The molecule has 0 unspecified atom stereocenters. The molecule has 0 saturated heterocycles. The summed E-state index contributed by atoms with van der Waals surface area (Å²) >= 11 is 2.42. The number of carbonyl (C=O) groups excluding carboxylic acids is 1. The van der Waals surface area contributed by atoms with Gasteiger partial charge in [0.05, 0.1) is 139 Å². The number of hydrogen-bond acceptors (Lipinski definition) is 13. The van der Waals surface area contributed by atoms with Gasteiger partial charge in [-0.05, 0) is 23.7 Å². The second kappa shape index (κ2) is 42.8. The third-order valence-corrected chi connectivity index (χ3v) is 6.60. The van der Waals surface area contributed by atoms with Gasteiger partial charge in [-0.1, -0.05) is 42.4 Å². The van der Waals surface area contributed by atoms with Crippen molar-refractivity contribution in [2.45, 2.75) is 45.4 Å². The molecule has 0 rings (SSSR count). The van der Waals surface area contributed by atoms with Crippen molar-refractivity contribution < 1.29 is 61.6 Å². The average molecular weight is 783 g/mol. The van der Waals surface area contributed by atoms with E-state index in [1.807, 2.05) is 6.92 Å². The number of halogens is 1. The van der Waals surface area contributed by atoms with Crippen LogP contribution in [0.25, 0.3) is 0 Å².